The van der Waals surface area contributed by atoms with E-state index in [-0.39, 0.29) is 17.8 Å². The number of nitrogen functional groups attached to an aromatic ring is 2. The van der Waals surface area contributed by atoms with Gasteiger partial charge in [0.05, 0.1) is 5.52 Å². The molecule has 3 aromatic carbocycles. The lowest BCUT2D eigenvalue weighted by molar-refractivity contribution is -0.130. The van der Waals surface area contributed by atoms with E-state index in [0.29, 0.717) is 23.2 Å². The summed E-state index contributed by atoms with van der Waals surface area (Å²) >= 11 is 0. The van der Waals surface area contributed by atoms with Crippen LogP contribution in [0, 0.1) is 0 Å². The first-order valence-corrected chi connectivity index (χ1v) is 13.7. The number of nitrogens with two attached hydrogens (primary N) is 2. The molecule has 5 N–H and O–H groups in total. The van der Waals surface area contributed by atoms with Gasteiger partial charge in [-0.15, -0.1) is 0 Å². The standard InChI is InChI=1S/C31H36N8O2/c1-37(2)30(41)27(17-20-7-9-21(10-8-20)22-5-4-6-24(32)18-22)34-29(40)23-11-12-25-26(19-23)35-31(33)36-28(25)39-15-13-38(3)14-16-39/h4-12,18-19,27H,13-17,32H2,1-3H3,(H,34,40)(H2,33,35,36)/t27-/m0/s1. The highest BCUT2D eigenvalue weighted by atomic mass is 16.2. The Balaban J connectivity index is 1.36. The number of rotatable bonds is 7. The molecule has 1 saturated heterocycles. The van der Waals surface area contributed by atoms with Crippen molar-refractivity contribution < 1.29 is 9.59 Å². The van der Waals surface area contributed by atoms with Crippen molar-refractivity contribution in [2.24, 2.45) is 0 Å². The van der Waals surface area contributed by atoms with Crippen LogP contribution in [0.15, 0.2) is 66.7 Å². The molecule has 1 aliphatic rings. The van der Waals surface area contributed by atoms with E-state index >= 15 is 0 Å². The lowest BCUT2D eigenvalue weighted by Gasteiger charge is -2.33. The second-order valence-corrected chi connectivity index (χ2v) is 10.7. The van der Waals surface area contributed by atoms with Crippen LogP contribution in [0.3, 0.4) is 0 Å². The maximum Gasteiger partial charge on any atom is 0.252 e. The molecule has 5 rings (SSSR count). The van der Waals surface area contributed by atoms with Crippen LogP contribution in [0.25, 0.3) is 22.0 Å². The largest absolute Gasteiger partial charge is 0.399 e. The first kappa shape index (κ1) is 27.9. The van der Waals surface area contributed by atoms with Gasteiger partial charge < -0.3 is 31.5 Å². The van der Waals surface area contributed by atoms with Gasteiger partial charge in [0.1, 0.15) is 11.9 Å². The Morgan fingerprint density at radius 2 is 1.66 bits per heavy atom. The maximum absolute atomic E-state index is 13.4. The first-order chi connectivity index (χ1) is 19.7. The van der Waals surface area contributed by atoms with Gasteiger partial charge in [0.25, 0.3) is 5.91 Å². The summed E-state index contributed by atoms with van der Waals surface area (Å²) in [6, 6.07) is 20.2. The molecule has 0 spiro atoms. The SMILES string of the molecule is CN1CCN(c2nc(N)nc3cc(C(=O)N[C@@H](Cc4ccc(-c5cccc(N)c5)cc4)C(=O)N(C)C)ccc23)CC1. The summed E-state index contributed by atoms with van der Waals surface area (Å²) in [5, 5.41) is 3.78. The van der Waals surface area contributed by atoms with Crippen molar-refractivity contribution in [3.8, 4) is 11.1 Å². The van der Waals surface area contributed by atoms with E-state index in [2.05, 4.69) is 32.1 Å². The van der Waals surface area contributed by atoms with Crippen LogP contribution >= 0.6 is 0 Å². The number of benzene rings is 3. The van der Waals surface area contributed by atoms with Crippen LogP contribution in [-0.2, 0) is 11.2 Å². The van der Waals surface area contributed by atoms with Crippen LogP contribution in [0.5, 0.6) is 0 Å². The van der Waals surface area contributed by atoms with Gasteiger partial charge in [-0.05, 0) is 54.1 Å². The fourth-order valence-corrected chi connectivity index (χ4v) is 5.07. The number of anilines is 3. The average molecular weight is 553 g/mol. The number of hydrogen-bond donors (Lipinski definition) is 3. The summed E-state index contributed by atoms with van der Waals surface area (Å²) in [6.45, 7) is 3.52. The molecule has 0 bridgehead atoms. The van der Waals surface area contributed by atoms with Gasteiger partial charge in [-0.2, -0.15) is 4.98 Å². The summed E-state index contributed by atoms with van der Waals surface area (Å²) < 4.78 is 0. The monoisotopic (exact) mass is 552 g/mol. The number of aromatic nitrogens is 2. The lowest BCUT2D eigenvalue weighted by atomic mass is 9.99. The van der Waals surface area contributed by atoms with Crippen molar-refractivity contribution in [2.75, 3.05) is 63.7 Å². The van der Waals surface area contributed by atoms with Crippen LogP contribution in [-0.4, -0.2) is 84.9 Å². The van der Waals surface area contributed by atoms with Crippen LogP contribution in [0.1, 0.15) is 15.9 Å². The Bertz CT molecular complexity index is 1560. The lowest BCUT2D eigenvalue weighted by Crippen LogP contribution is -2.47. The number of hydrogen-bond acceptors (Lipinski definition) is 8. The smallest absolute Gasteiger partial charge is 0.252 e. The molecule has 10 nitrogen and oxygen atoms in total. The zero-order valence-corrected chi connectivity index (χ0v) is 23.7. The molecule has 0 radical (unpaired) electrons. The topological polar surface area (TPSA) is 134 Å². The number of carbonyl (C=O) groups excluding carboxylic acids is 2. The molecule has 41 heavy (non-hydrogen) atoms. The normalized spacial score (nSPS) is 14.6. The molecule has 0 aliphatic carbocycles. The Kier molecular flexibility index (Phi) is 8.02. The number of nitrogens with zero attached hydrogens (tertiary/aromatic N) is 5. The quantitative estimate of drug-likeness (QED) is 0.298. The number of piperazine rings is 1. The van der Waals surface area contributed by atoms with Crippen LogP contribution in [0.4, 0.5) is 17.5 Å². The second-order valence-electron chi connectivity index (χ2n) is 10.7. The van der Waals surface area contributed by atoms with E-state index in [1.807, 2.05) is 54.6 Å². The summed E-state index contributed by atoms with van der Waals surface area (Å²) in [6.07, 6.45) is 0.343. The molecule has 4 aromatic rings. The molecular formula is C31H36N8O2. The van der Waals surface area contributed by atoms with Crippen LogP contribution in [0.2, 0.25) is 0 Å². The molecule has 1 fully saturated rings. The number of nitrogens with one attached hydrogen (secondary N) is 1. The van der Waals surface area contributed by atoms with E-state index in [9.17, 15) is 9.59 Å². The number of amides is 2. The van der Waals surface area contributed by atoms with E-state index in [1.54, 1.807) is 26.2 Å². The van der Waals surface area contributed by atoms with Crippen molar-refractivity contribution in [1.29, 1.82) is 0 Å². The predicted molar refractivity (Wildman–Crippen MR) is 164 cm³/mol. The number of likely N-dealkylation sites (N-methyl/N-ethyl adjacent to an activating group) is 2. The molecular weight excluding hydrogens is 516 g/mol. The molecule has 1 atom stereocenters. The van der Waals surface area contributed by atoms with Crippen molar-refractivity contribution in [2.45, 2.75) is 12.5 Å². The van der Waals surface area contributed by atoms with Gasteiger partial charge >= 0.3 is 0 Å². The zero-order chi connectivity index (χ0) is 29.1. The average Bonchev–Trinajstić information content (AvgIpc) is 2.96. The second kappa shape index (κ2) is 11.8. The molecule has 1 aromatic heterocycles. The highest BCUT2D eigenvalue weighted by Gasteiger charge is 2.25. The van der Waals surface area contributed by atoms with Crippen LogP contribution < -0.4 is 21.7 Å². The fourth-order valence-electron chi connectivity index (χ4n) is 5.07. The van der Waals surface area contributed by atoms with Gasteiger partial charge in [-0.3, -0.25) is 9.59 Å². The van der Waals surface area contributed by atoms with E-state index in [0.717, 1.165) is 54.1 Å². The first-order valence-electron chi connectivity index (χ1n) is 13.7. The van der Waals surface area contributed by atoms with Gasteiger partial charge in [0, 0.05) is 63.3 Å². The maximum atomic E-state index is 13.4. The molecule has 212 valence electrons. The molecule has 0 saturated carbocycles. The Hall–Kier alpha value is -4.70. The van der Waals surface area contributed by atoms with E-state index in [1.165, 1.54) is 4.90 Å². The third-order valence-electron chi connectivity index (χ3n) is 7.42. The fraction of sp³-hybridized carbons (Fsp3) is 0.290. The van der Waals surface area contributed by atoms with Gasteiger partial charge in [0.15, 0.2) is 0 Å². The minimum Gasteiger partial charge on any atom is -0.399 e. The van der Waals surface area contributed by atoms with Crippen molar-refractivity contribution >= 4 is 40.2 Å². The van der Waals surface area contributed by atoms with Gasteiger partial charge in [0.2, 0.25) is 11.9 Å². The number of fused-ring (bicyclic) bond motifs is 1. The van der Waals surface area contributed by atoms with Gasteiger partial charge in [-0.1, -0.05) is 36.4 Å². The summed E-state index contributed by atoms with van der Waals surface area (Å²) in [5.41, 5.74) is 16.6. The Morgan fingerprint density at radius 1 is 0.927 bits per heavy atom. The minimum atomic E-state index is -0.747. The Morgan fingerprint density at radius 3 is 2.34 bits per heavy atom. The third-order valence-corrected chi connectivity index (χ3v) is 7.42. The summed E-state index contributed by atoms with van der Waals surface area (Å²) in [4.78, 5) is 41.4. The molecule has 1 aliphatic heterocycles. The zero-order valence-electron chi connectivity index (χ0n) is 23.7. The summed E-state index contributed by atoms with van der Waals surface area (Å²) in [7, 11) is 5.46. The third kappa shape index (κ3) is 6.38. The van der Waals surface area contributed by atoms with Crippen molar-refractivity contribution in [3.63, 3.8) is 0 Å². The molecule has 2 amide bonds. The van der Waals surface area contributed by atoms with Crippen molar-refractivity contribution in [3.05, 3.63) is 77.9 Å². The predicted octanol–water partition coefficient (Wildman–Crippen LogP) is 2.64. The highest BCUT2D eigenvalue weighted by molar-refractivity contribution is 6.02. The molecule has 2 heterocycles. The van der Waals surface area contributed by atoms with Gasteiger partial charge in [-0.25, -0.2) is 4.98 Å². The van der Waals surface area contributed by atoms with E-state index < -0.39 is 6.04 Å². The number of carbonyl (C=O) groups is 2. The molecule has 0 unspecified atom stereocenters. The minimum absolute atomic E-state index is 0.159. The highest BCUT2D eigenvalue weighted by Crippen LogP contribution is 2.27. The van der Waals surface area contributed by atoms with E-state index in [4.69, 9.17) is 11.5 Å². The molecule has 10 heteroatoms. The summed E-state index contributed by atoms with van der Waals surface area (Å²) in [5.74, 6) is 0.380. The van der Waals surface area contributed by atoms with Crippen molar-refractivity contribution in [1.82, 2.24) is 25.1 Å². The Labute approximate surface area is 240 Å².